The van der Waals surface area contributed by atoms with Crippen molar-refractivity contribution >= 4 is 27.2 Å². The zero-order chi connectivity index (χ0) is 11.8. The number of aryl methyl sites for hydroxylation is 1. The van der Waals surface area contributed by atoms with Crippen LogP contribution in [-0.2, 0) is 0 Å². The van der Waals surface area contributed by atoms with Gasteiger partial charge in [-0.3, -0.25) is 0 Å². The molecule has 1 heterocycles. The Morgan fingerprint density at radius 2 is 1.94 bits per heavy atom. The molecule has 1 aromatic heterocycles. The minimum absolute atomic E-state index is 0.789. The van der Waals surface area contributed by atoms with Gasteiger partial charge in [0.15, 0.2) is 0 Å². The van der Waals surface area contributed by atoms with Gasteiger partial charge in [-0.25, -0.2) is 4.98 Å². The van der Waals surface area contributed by atoms with Crippen LogP contribution >= 0.6 is 11.3 Å². The first-order chi connectivity index (χ1) is 8.24. The van der Waals surface area contributed by atoms with E-state index in [9.17, 15) is 0 Å². The number of rotatable bonds is 1. The summed E-state index contributed by atoms with van der Waals surface area (Å²) in [4.78, 5) is 4.65. The van der Waals surface area contributed by atoms with Crippen LogP contribution in [0.4, 0.5) is 5.69 Å². The molecule has 0 aliphatic carbocycles. The summed E-state index contributed by atoms with van der Waals surface area (Å²) in [6.45, 7) is 2.11. The standard InChI is InChI=1S/C14H12N2S/c1-9-4-2-3-5-11(9)14-16-12-7-6-10(15)8-13(12)17-14/h2-8H,15H2,1H3. The van der Waals surface area contributed by atoms with Crippen molar-refractivity contribution in [2.75, 3.05) is 5.73 Å². The molecule has 0 amide bonds. The highest BCUT2D eigenvalue weighted by Crippen LogP contribution is 2.32. The zero-order valence-corrected chi connectivity index (χ0v) is 10.3. The Hall–Kier alpha value is -1.87. The molecule has 0 saturated carbocycles. The maximum atomic E-state index is 5.78. The van der Waals surface area contributed by atoms with E-state index in [2.05, 4.69) is 24.0 Å². The smallest absolute Gasteiger partial charge is 0.124 e. The summed E-state index contributed by atoms with van der Waals surface area (Å²) < 4.78 is 1.14. The topological polar surface area (TPSA) is 38.9 Å². The SMILES string of the molecule is Cc1ccccc1-c1nc2ccc(N)cc2s1. The van der Waals surface area contributed by atoms with E-state index in [1.165, 1.54) is 11.1 Å². The number of nitrogens with zero attached hydrogens (tertiary/aromatic N) is 1. The summed E-state index contributed by atoms with van der Waals surface area (Å²) in [7, 11) is 0. The molecule has 2 nitrogen and oxygen atoms in total. The molecule has 0 aliphatic rings. The summed E-state index contributed by atoms with van der Waals surface area (Å²) >= 11 is 1.69. The molecule has 2 aromatic carbocycles. The number of anilines is 1. The van der Waals surface area contributed by atoms with E-state index in [1.54, 1.807) is 11.3 Å². The second-order valence-electron chi connectivity index (χ2n) is 4.06. The summed E-state index contributed by atoms with van der Waals surface area (Å²) in [6.07, 6.45) is 0. The minimum Gasteiger partial charge on any atom is -0.399 e. The first-order valence-corrected chi connectivity index (χ1v) is 6.28. The maximum Gasteiger partial charge on any atom is 0.124 e. The molecular weight excluding hydrogens is 228 g/mol. The molecule has 0 unspecified atom stereocenters. The third-order valence-electron chi connectivity index (χ3n) is 2.79. The Kier molecular flexibility index (Phi) is 2.34. The number of nitrogens with two attached hydrogens (primary N) is 1. The number of aromatic nitrogens is 1. The molecule has 3 rings (SSSR count). The fourth-order valence-electron chi connectivity index (χ4n) is 1.87. The molecule has 0 radical (unpaired) electrons. The fraction of sp³-hybridized carbons (Fsp3) is 0.0714. The van der Waals surface area contributed by atoms with Crippen molar-refractivity contribution in [2.45, 2.75) is 6.92 Å². The van der Waals surface area contributed by atoms with Crippen LogP contribution in [-0.4, -0.2) is 4.98 Å². The molecule has 0 bridgehead atoms. The predicted molar refractivity (Wildman–Crippen MR) is 74.2 cm³/mol. The third kappa shape index (κ3) is 1.78. The molecule has 0 aliphatic heterocycles. The number of hydrogen-bond acceptors (Lipinski definition) is 3. The van der Waals surface area contributed by atoms with Crippen molar-refractivity contribution in [3.8, 4) is 10.6 Å². The molecule has 0 fully saturated rings. The molecule has 0 spiro atoms. The lowest BCUT2D eigenvalue weighted by Crippen LogP contribution is -1.82. The van der Waals surface area contributed by atoms with Crippen molar-refractivity contribution in [1.29, 1.82) is 0 Å². The quantitative estimate of drug-likeness (QED) is 0.656. The van der Waals surface area contributed by atoms with E-state index >= 15 is 0 Å². The van der Waals surface area contributed by atoms with Crippen molar-refractivity contribution < 1.29 is 0 Å². The van der Waals surface area contributed by atoms with Crippen molar-refractivity contribution in [3.63, 3.8) is 0 Å². The summed E-state index contributed by atoms with van der Waals surface area (Å²) in [5.74, 6) is 0. The Morgan fingerprint density at radius 1 is 1.12 bits per heavy atom. The number of thiazole rings is 1. The summed E-state index contributed by atoms with van der Waals surface area (Å²) in [5.41, 5.74) is 10.0. The molecule has 3 aromatic rings. The second-order valence-corrected chi connectivity index (χ2v) is 5.09. The van der Waals surface area contributed by atoms with E-state index in [4.69, 9.17) is 5.73 Å². The van der Waals surface area contributed by atoms with Gasteiger partial charge in [0.2, 0.25) is 0 Å². The average Bonchev–Trinajstić information content (AvgIpc) is 2.72. The van der Waals surface area contributed by atoms with Crippen LogP contribution in [0.3, 0.4) is 0 Å². The highest BCUT2D eigenvalue weighted by molar-refractivity contribution is 7.21. The third-order valence-corrected chi connectivity index (χ3v) is 3.84. The molecule has 0 atom stereocenters. The summed E-state index contributed by atoms with van der Waals surface area (Å²) in [6, 6.07) is 14.2. The van der Waals surface area contributed by atoms with Gasteiger partial charge in [-0.1, -0.05) is 24.3 Å². The van der Waals surface area contributed by atoms with Gasteiger partial charge in [0.05, 0.1) is 10.2 Å². The van der Waals surface area contributed by atoms with Crippen molar-refractivity contribution in [3.05, 3.63) is 48.0 Å². The Morgan fingerprint density at radius 3 is 2.76 bits per heavy atom. The van der Waals surface area contributed by atoms with Crippen LogP contribution in [0.1, 0.15) is 5.56 Å². The van der Waals surface area contributed by atoms with E-state index in [1.807, 2.05) is 30.3 Å². The van der Waals surface area contributed by atoms with Gasteiger partial charge in [-0.05, 0) is 30.7 Å². The number of benzene rings is 2. The lowest BCUT2D eigenvalue weighted by Gasteiger charge is -1.99. The van der Waals surface area contributed by atoms with Gasteiger partial charge < -0.3 is 5.73 Å². The van der Waals surface area contributed by atoms with E-state index in [0.717, 1.165) is 20.9 Å². The van der Waals surface area contributed by atoms with Crippen LogP contribution in [0.2, 0.25) is 0 Å². The molecule has 3 heteroatoms. The van der Waals surface area contributed by atoms with E-state index in [-0.39, 0.29) is 0 Å². The molecule has 84 valence electrons. The monoisotopic (exact) mass is 240 g/mol. The summed E-state index contributed by atoms with van der Waals surface area (Å²) in [5, 5.41) is 1.06. The lowest BCUT2D eigenvalue weighted by atomic mass is 10.1. The lowest BCUT2D eigenvalue weighted by molar-refractivity contribution is 1.41. The van der Waals surface area contributed by atoms with Crippen LogP contribution in [0.15, 0.2) is 42.5 Å². The van der Waals surface area contributed by atoms with Gasteiger partial charge in [0.25, 0.3) is 0 Å². The Labute approximate surface area is 104 Å². The Bertz CT molecular complexity index is 686. The van der Waals surface area contributed by atoms with Gasteiger partial charge >= 0.3 is 0 Å². The van der Waals surface area contributed by atoms with Crippen LogP contribution in [0, 0.1) is 6.92 Å². The van der Waals surface area contributed by atoms with Gasteiger partial charge in [0, 0.05) is 11.3 Å². The van der Waals surface area contributed by atoms with Crippen LogP contribution < -0.4 is 5.73 Å². The highest BCUT2D eigenvalue weighted by Gasteiger charge is 2.07. The zero-order valence-electron chi connectivity index (χ0n) is 9.47. The molecular formula is C14H12N2S. The predicted octanol–water partition coefficient (Wildman–Crippen LogP) is 3.85. The van der Waals surface area contributed by atoms with E-state index in [0.29, 0.717) is 0 Å². The van der Waals surface area contributed by atoms with Gasteiger partial charge in [-0.2, -0.15) is 0 Å². The first kappa shape index (κ1) is 10.3. The second kappa shape index (κ2) is 3.86. The molecule has 17 heavy (non-hydrogen) atoms. The minimum atomic E-state index is 0.789. The normalized spacial score (nSPS) is 10.9. The van der Waals surface area contributed by atoms with Gasteiger partial charge in [0.1, 0.15) is 5.01 Å². The molecule has 0 saturated heterocycles. The van der Waals surface area contributed by atoms with Crippen LogP contribution in [0.25, 0.3) is 20.8 Å². The highest BCUT2D eigenvalue weighted by atomic mass is 32.1. The number of nitrogen functional groups attached to an aromatic ring is 1. The maximum absolute atomic E-state index is 5.78. The van der Waals surface area contributed by atoms with Crippen molar-refractivity contribution in [1.82, 2.24) is 4.98 Å². The first-order valence-electron chi connectivity index (χ1n) is 5.46. The number of fused-ring (bicyclic) bond motifs is 1. The number of hydrogen-bond donors (Lipinski definition) is 1. The fourth-order valence-corrected chi connectivity index (χ4v) is 2.97. The van der Waals surface area contributed by atoms with Crippen molar-refractivity contribution in [2.24, 2.45) is 0 Å². The van der Waals surface area contributed by atoms with Crippen LogP contribution in [0.5, 0.6) is 0 Å². The average molecular weight is 240 g/mol. The van der Waals surface area contributed by atoms with E-state index < -0.39 is 0 Å². The molecule has 2 N–H and O–H groups in total. The van der Waals surface area contributed by atoms with Gasteiger partial charge in [-0.15, -0.1) is 11.3 Å². The largest absolute Gasteiger partial charge is 0.399 e. The Balaban J connectivity index is 2.22.